The number of anilines is 2. The molecule has 0 aliphatic carbocycles. The summed E-state index contributed by atoms with van der Waals surface area (Å²) in [6.07, 6.45) is 9.21. The van der Waals surface area contributed by atoms with Crippen molar-refractivity contribution in [2.24, 2.45) is 4.99 Å². The summed E-state index contributed by atoms with van der Waals surface area (Å²) in [7, 11) is 1.70. The summed E-state index contributed by atoms with van der Waals surface area (Å²) in [4.78, 5) is 20.2. The zero-order chi connectivity index (χ0) is 32.2. The van der Waals surface area contributed by atoms with Gasteiger partial charge in [0.25, 0.3) is 5.91 Å². The molecule has 0 saturated carbocycles. The Morgan fingerprint density at radius 1 is 1.02 bits per heavy atom. The third-order valence-electron chi connectivity index (χ3n) is 6.45. The Balaban J connectivity index is 0.00000103. The van der Waals surface area contributed by atoms with Crippen LogP contribution in [0.5, 0.6) is 0 Å². The highest BCUT2D eigenvalue weighted by Gasteiger charge is 2.21. The Kier molecular flexibility index (Phi) is 17.8. The number of aryl methyl sites for hydroxylation is 1. The van der Waals surface area contributed by atoms with Crippen LogP contribution in [-0.4, -0.2) is 36.5 Å². The molecule has 0 atom stereocenters. The summed E-state index contributed by atoms with van der Waals surface area (Å²) >= 11 is 0. The van der Waals surface area contributed by atoms with Gasteiger partial charge in [-0.25, -0.2) is 0 Å². The molecule has 234 valence electrons. The van der Waals surface area contributed by atoms with Crippen LogP contribution in [0.2, 0.25) is 0 Å². The summed E-state index contributed by atoms with van der Waals surface area (Å²) in [5, 5.41) is 17.6. The predicted molar refractivity (Wildman–Crippen MR) is 188 cm³/mol. The highest BCUT2D eigenvalue weighted by molar-refractivity contribution is 6.13. The molecule has 0 unspecified atom stereocenters. The highest BCUT2D eigenvalue weighted by atomic mass is 16.1. The van der Waals surface area contributed by atoms with Crippen molar-refractivity contribution in [3.05, 3.63) is 88.2 Å². The van der Waals surface area contributed by atoms with Gasteiger partial charge in [0, 0.05) is 54.5 Å². The SMILES string of the molecule is C=Cc1[nH]c(C(=O)NCCC)c(C)c1C(=NC)Nc1ccc(NCc2cccc(C)c2)c(C=N)c1.CCC.CCCCC. The van der Waals surface area contributed by atoms with Gasteiger partial charge >= 0.3 is 0 Å². The van der Waals surface area contributed by atoms with Crippen molar-refractivity contribution in [1.82, 2.24) is 10.3 Å². The number of unbranched alkanes of at least 4 members (excludes halogenated alkanes) is 2. The van der Waals surface area contributed by atoms with Gasteiger partial charge in [-0.3, -0.25) is 9.79 Å². The molecule has 1 aromatic heterocycles. The molecule has 5 N–H and O–H groups in total. The molecule has 43 heavy (non-hydrogen) atoms. The van der Waals surface area contributed by atoms with E-state index in [0.717, 1.165) is 40.2 Å². The third-order valence-corrected chi connectivity index (χ3v) is 6.45. The van der Waals surface area contributed by atoms with Crippen molar-refractivity contribution in [3.8, 4) is 0 Å². The first-order chi connectivity index (χ1) is 20.7. The molecule has 7 nitrogen and oxygen atoms in total. The van der Waals surface area contributed by atoms with Crippen molar-refractivity contribution < 1.29 is 4.79 Å². The van der Waals surface area contributed by atoms with Crippen LogP contribution in [0.3, 0.4) is 0 Å². The molecule has 0 radical (unpaired) electrons. The Morgan fingerprint density at radius 3 is 2.26 bits per heavy atom. The minimum atomic E-state index is -0.149. The molecular formula is C36H54N6O. The van der Waals surface area contributed by atoms with E-state index in [1.54, 1.807) is 13.1 Å². The van der Waals surface area contributed by atoms with E-state index in [1.165, 1.54) is 43.0 Å². The van der Waals surface area contributed by atoms with E-state index in [4.69, 9.17) is 5.41 Å². The predicted octanol–water partition coefficient (Wildman–Crippen LogP) is 9.13. The lowest BCUT2D eigenvalue weighted by molar-refractivity contribution is 0.0948. The van der Waals surface area contributed by atoms with Crippen LogP contribution in [0.4, 0.5) is 11.4 Å². The first-order valence-electron chi connectivity index (χ1n) is 15.6. The first kappa shape index (κ1) is 36.9. The van der Waals surface area contributed by atoms with Gasteiger partial charge in [-0.05, 0) is 55.7 Å². The molecule has 2 aromatic carbocycles. The number of aromatic nitrogens is 1. The number of amides is 1. The first-order valence-corrected chi connectivity index (χ1v) is 15.6. The summed E-state index contributed by atoms with van der Waals surface area (Å²) in [6, 6.07) is 14.1. The molecule has 0 aliphatic heterocycles. The topological polar surface area (TPSA) is 105 Å². The average molecular weight is 587 g/mol. The van der Waals surface area contributed by atoms with Gasteiger partial charge in [-0.1, -0.05) is 96.7 Å². The summed E-state index contributed by atoms with van der Waals surface area (Å²) in [6.45, 7) is 19.8. The van der Waals surface area contributed by atoms with E-state index in [0.29, 0.717) is 24.6 Å². The number of carbonyl (C=O) groups is 1. The standard InChI is InChI=1S/C28H34N6O.C5H12.C3H8/c1-6-13-31-28(35)26-19(4)25(23(7-2)34-26)27(30-5)33-22-11-12-24(21(15-22)16-29)32-17-20-10-8-9-18(3)14-20;1-3-5-4-2;1-3-2/h7-12,14-16,29,32,34H,2,6,13,17H2,1,3-5H3,(H,30,33)(H,31,35);3-5H2,1-2H3;3H2,1-2H3. The Labute approximate surface area is 260 Å². The van der Waals surface area contributed by atoms with Gasteiger partial charge in [-0.15, -0.1) is 0 Å². The second-order valence-corrected chi connectivity index (χ2v) is 10.4. The highest BCUT2D eigenvalue weighted by Crippen LogP contribution is 2.24. The normalized spacial score (nSPS) is 10.5. The van der Waals surface area contributed by atoms with Crippen LogP contribution in [0.25, 0.3) is 6.08 Å². The molecule has 1 heterocycles. The number of nitrogens with zero attached hydrogens (tertiary/aromatic N) is 1. The second kappa shape index (κ2) is 20.7. The summed E-state index contributed by atoms with van der Waals surface area (Å²) < 4.78 is 0. The van der Waals surface area contributed by atoms with E-state index >= 15 is 0 Å². The number of hydrogen-bond donors (Lipinski definition) is 5. The fraction of sp³-hybridized carbons (Fsp3) is 0.417. The Hall–Kier alpha value is -4.13. The molecule has 0 bridgehead atoms. The lowest BCUT2D eigenvalue weighted by Crippen LogP contribution is -2.25. The van der Waals surface area contributed by atoms with Gasteiger partial charge in [0.15, 0.2) is 0 Å². The molecule has 0 saturated heterocycles. The van der Waals surface area contributed by atoms with Crippen LogP contribution >= 0.6 is 0 Å². The summed E-state index contributed by atoms with van der Waals surface area (Å²) in [5.41, 5.74) is 7.64. The van der Waals surface area contributed by atoms with Crippen molar-refractivity contribution in [1.29, 1.82) is 5.41 Å². The number of hydrogen-bond acceptors (Lipinski definition) is 4. The van der Waals surface area contributed by atoms with Crippen molar-refractivity contribution >= 4 is 35.4 Å². The molecule has 1 amide bonds. The number of rotatable bonds is 12. The molecule has 3 aromatic rings. The van der Waals surface area contributed by atoms with Crippen molar-refractivity contribution in [2.75, 3.05) is 24.2 Å². The number of nitrogens with one attached hydrogen (secondary N) is 5. The lowest BCUT2D eigenvalue weighted by atomic mass is 10.1. The fourth-order valence-electron chi connectivity index (χ4n) is 4.29. The zero-order valence-corrected chi connectivity index (χ0v) is 27.7. The molecule has 0 aliphatic rings. The van der Waals surface area contributed by atoms with Gasteiger partial charge in [0.05, 0.1) is 0 Å². The van der Waals surface area contributed by atoms with Crippen molar-refractivity contribution in [2.45, 2.75) is 87.1 Å². The average Bonchev–Trinajstić information content (AvgIpc) is 3.34. The Morgan fingerprint density at radius 2 is 1.72 bits per heavy atom. The monoisotopic (exact) mass is 586 g/mol. The van der Waals surface area contributed by atoms with Crippen LogP contribution in [0.15, 0.2) is 54.0 Å². The largest absolute Gasteiger partial charge is 0.380 e. The van der Waals surface area contributed by atoms with Crippen LogP contribution in [0.1, 0.15) is 111 Å². The molecule has 7 heteroatoms. The minimum Gasteiger partial charge on any atom is -0.380 e. The van der Waals surface area contributed by atoms with Gasteiger partial charge < -0.3 is 26.3 Å². The third kappa shape index (κ3) is 11.9. The van der Waals surface area contributed by atoms with E-state index in [-0.39, 0.29) is 5.91 Å². The summed E-state index contributed by atoms with van der Waals surface area (Å²) in [5.74, 6) is 0.462. The fourth-order valence-corrected chi connectivity index (χ4v) is 4.29. The molecular weight excluding hydrogens is 532 g/mol. The van der Waals surface area contributed by atoms with Gasteiger partial charge in [-0.2, -0.15) is 0 Å². The number of benzene rings is 2. The molecule has 0 fully saturated rings. The van der Waals surface area contributed by atoms with E-state index < -0.39 is 0 Å². The maximum Gasteiger partial charge on any atom is 0.268 e. The van der Waals surface area contributed by atoms with Gasteiger partial charge in [0.1, 0.15) is 11.5 Å². The van der Waals surface area contributed by atoms with Gasteiger partial charge in [0.2, 0.25) is 0 Å². The van der Waals surface area contributed by atoms with Crippen LogP contribution in [0, 0.1) is 19.3 Å². The number of H-pyrrole nitrogens is 1. The van der Waals surface area contributed by atoms with E-state index in [9.17, 15) is 4.79 Å². The molecule has 3 rings (SSSR count). The zero-order valence-electron chi connectivity index (χ0n) is 27.7. The van der Waals surface area contributed by atoms with E-state index in [2.05, 4.69) is 85.3 Å². The molecule has 0 spiro atoms. The van der Waals surface area contributed by atoms with Crippen molar-refractivity contribution in [3.63, 3.8) is 0 Å². The van der Waals surface area contributed by atoms with Crippen LogP contribution < -0.4 is 16.0 Å². The maximum absolute atomic E-state index is 12.6. The van der Waals surface area contributed by atoms with E-state index in [1.807, 2.05) is 38.1 Å². The maximum atomic E-state index is 12.6. The number of carbonyl (C=O) groups excluding carboxylic acids is 1. The van der Waals surface area contributed by atoms with Crippen LogP contribution in [-0.2, 0) is 6.54 Å². The smallest absolute Gasteiger partial charge is 0.268 e. The minimum absolute atomic E-state index is 0.149. The lowest BCUT2D eigenvalue weighted by Gasteiger charge is -2.14. The number of aliphatic imine (C=N–C) groups is 1. The number of amidine groups is 1. The number of aromatic amines is 1. The Bertz CT molecular complexity index is 1320. The second-order valence-electron chi connectivity index (χ2n) is 10.4. The quantitative estimate of drug-likeness (QED) is 0.108.